The number of benzene rings is 1. The van der Waals surface area contributed by atoms with Gasteiger partial charge in [-0.1, -0.05) is 24.1 Å². The van der Waals surface area contributed by atoms with Gasteiger partial charge in [0.1, 0.15) is 11.6 Å². The van der Waals surface area contributed by atoms with Gasteiger partial charge < -0.3 is 5.32 Å². The maximum Gasteiger partial charge on any atom is 0.149 e. The summed E-state index contributed by atoms with van der Waals surface area (Å²) in [7, 11) is 0. The summed E-state index contributed by atoms with van der Waals surface area (Å²) >= 11 is 5.87. The predicted molar refractivity (Wildman–Crippen MR) is 94.5 cm³/mol. The second-order valence-corrected chi connectivity index (χ2v) is 6.04. The van der Waals surface area contributed by atoms with Crippen molar-refractivity contribution in [1.29, 1.82) is 0 Å². The highest BCUT2D eigenvalue weighted by Gasteiger charge is 2.28. The van der Waals surface area contributed by atoms with Gasteiger partial charge in [0, 0.05) is 37.8 Å². The van der Waals surface area contributed by atoms with Crippen LogP contribution in [0, 0.1) is 11.6 Å². The number of nitrogens with one attached hydrogen (secondary N) is 1. The summed E-state index contributed by atoms with van der Waals surface area (Å²) < 4.78 is 28.7. The first-order chi connectivity index (χ1) is 10.6. The van der Waals surface area contributed by atoms with E-state index in [0.717, 1.165) is 51.9 Å². The van der Waals surface area contributed by atoms with Crippen molar-refractivity contribution in [3.63, 3.8) is 0 Å². The van der Waals surface area contributed by atoms with E-state index in [1.54, 1.807) is 0 Å². The first-order valence-electron chi connectivity index (χ1n) is 7.84. The monoisotopic (exact) mass is 364 g/mol. The number of hydrogen-bond donors (Lipinski definition) is 1. The molecular weight excluding hydrogens is 341 g/mol. The Morgan fingerprint density at radius 3 is 2.61 bits per heavy atom. The molecule has 6 heteroatoms. The molecule has 0 amide bonds. The fraction of sp³-hybridized carbons (Fsp3) is 0.529. The molecule has 2 rings (SSSR count). The molecule has 1 aliphatic heterocycles. The number of halogens is 4. The Hall–Kier alpha value is -0.680. The van der Waals surface area contributed by atoms with Gasteiger partial charge in [-0.25, -0.2) is 8.78 Å². The van der Waals surface area contributed by atoms with Crippen LogP contribution in [-0.2, 0) is 0 Å². The molecule has 1 aliphatic rings. The molecule has 0 aromatic heterocycles. The van der Waals surface area contributed by atoms with Crippen molar-refractivity contribution in [3.8, 4) is 0 Å². The normalized spacial score (nSPS) is 16.7. The van der Waals surface area contributed by atoms with Crippen molar-refractivity contribution >= 4 is 24.0 Å². The number of hydrogen-bond acceptors (Lipinski definition) is 2. The van der Waals surface area contributed by atoms with Crippen LogP contribution in [0.4, 0.5) is 8.78 Å². The second-order valence-electron chi connectivity index (χ2n) is 5.63. The van der Waals surface area contributed by atoms with E-state index in [-0.39, 0.29) is 29.0 Å². The van der Waals surface area contributed by atoms with Crippen LogP contribution in [-0.4, -0.2) is 31.1 Å². The average Bonchev–Trinajstić information content (AvgIpc) is 2.54. The topological polar surface area (TPSA) is 15.3 Å². The molecule has 0 unspecified atom stereocenters. The predicted octanol–water partition coefficient (Wildman–Crippen LogP) is 4.73. The molecule has 2 nitrogen and oxygen atoms in total. The van der Waals surface area contributed by atoms with Gasteiger partial charge in [0.05, 0.1) is 5.02 Å². The van der Waals surface area contributed by atoms with Crippen molar-refractivity contribution in [2.24, 2.45) is 0 Å². The lowest BCUT2D eigenvalue weighted by atomic mass is 9.97. The van der Waals surface area contributed by atoms with Crippen molar-refractivity contribution < 1.29 is 8.78 Å². The van der Waals surface area contributed by atoms with Gasteiger partial charge in [0.2, 0.25) is 0 Å². The van der Waals surface area contributed by atoms with Crippen LogP contribution in [0.15, 0.2) is 24.8 Å². The van der Waals surface area contributed by atoms with Gasteiger partial charge in [0.15, 0.2) is 0 Å². The number of allylic oxidation sites excluding steroid dienone is 1. The van der Waals surface area contributed by atoms with E-state index < -0.39 is 11.6 Å². The van der Waals surface area contributed by atoms with Gasteiger partial charge in [-0.2, -0.15) is 0 Å². The standard InChI is InChI=1S/C17H23ClF2N2.ClH/c1-2-3-4-5-6-15(22-11-9-21-10-12-22)16-14(19)8-7-13(18)17(16)20;/h2,7-8,15,21H,1,3-6,9-12H2;1H/t15-;/m0./s1. The first-order valence-corrected chi connectivity index (χ1v) is 8.22. The highest BCUT2D eigenvalue weighted by atomic mass is 35.5. The summed E-state index contributed by atoms with van der Waals surface area (Å²) in [6.07, 6.45) is 5.42. The Bertz CT molecular complexity index is 506. The Balaban J connectivity index is 0.00000264. The first kappa shape index (κ1) is 20.4. The van der Waals surface area contributed by atoms with E-state index in [2.05, 4.69) is 16.8 Å². The fourth-order valence-corrected chi connectivity index (χ4v) is 3.14. The third kappa shape index (κ3) is 5.42. The van der Waals surface area contributed by atoms with Crippen molar-refractivity contribution in [2.45, 2.75) is 31.7 Å². The van der Waals surface area contributed by atoms with Crippen LogP contribution >= 0.6 is 24.0 Å². The van der Waals surface area contributed by atoms with E-state index in [1.807, 2.05) is 6.08 Å². The maximum absolute atomic E-state index is 14.4. The molecule has 0 radical (unpaired) electrons. The summed E-state index contributed by atoms with van der Waals surface area (Å²) in [4.78, 5) is 2.15. The molecule has 1 saturated heterocycles. The van der Waals surface area contributed by atoms with E-state index in [4.69, 9.17) is 11.6 Å². The zero-order valence-corrected chi connectivity index (χ0v) is 14.7. The molecule has 1 aromatic carbocycles. The third-order valence-corrected chi connectivity index (χ3v) is 4.43. The molecule has 130 valence electrons. The van der Waals surface area contributed by atoms with Crippen LogP contribution in [0.5, 0.6) is 0 Å². The van der Waals surface area contributed by atoms with Gasteiger partial charge in [0.25, 0.3) is 0 Å². The molecule has 1 heterocycles. The van der Waals surface area contributed by atoms with Crippen molar-refractivity contribution in [2.75, 3.05) is 26.2 Å². The summed E-state index contributed by atoms with van der Waals surface area (Å²) in [6, 6.07) is 2.28. The van der Waals surface area contributed by atoms with Crippen LogP contribution in [0.1, 0.15) is 37.3 Å². The second kappa shape index (κ2) is 10.2. The Morgan fingerprint density at radius 2 is 1.96 bits per heavy atom. The highest BCUT2D eigenvalue weighted by Crippen LogP contribution is 2.33. The Labute approximate surface area is 148 Å². The summed E-state index contributed by atoms with van der Waals surface area (Å²) in [6.45, 7) is 6.97. The van der Waals surface area contributed by atoms with E-state index >= 15 is 0 Å². The minimum atomic E-state index is -0.617. The quantitative estimate of drug-likeness (QED) is 0.427. The number of rotatable bonds is 7. The highest BCUT2D eigenvalue weighted by molar-refractivity contribution is 6.30. The largest absolute Gasteiger partial charge is 0.314 e. The molecule has 1 N–H and O–H groups in total. The Kier molecular flexibility index (Phi) is 9.07. The van der Waals surface area contributed by atoms with Gasteiger partial charge in [-0.15, -0.1) is 19.0 Å². The summed E-state index contributed by atoms with van der Waals surface area (Å²) in [5.41, 5.74) is 0.119. The lowest BCUT2D eigenvalue weighted by Gasteiger charge is -2.35. The number of piperazine rings is 1. The van der Waals surface area contributed by atoms with E-state index in [9.17, 15) is 8.78 Å². The molecule has 0 spiro atoms. The smallest absolute Gasteiger partial charge is 0.149 e. The zero-order valence-electron chi connectivity index (χ0n) is 13.2. The molecule has 23 heavy (non-hydrogen) atoms. The minimum absolute atomic E-state index is 0. The zero-order chi connectivity index (χ0) is 15.9. The lowest BCUT2D eigenvalue weighted by molar-refractivity contribution is 0.156. The number of nitrogens with zero attached hydrogens (tertiary/aromatic N) is 1. The molecule has 0 saturated carbocycles. The van der Waals surface area contributed by atoms with Crippen LogP contribution in [0.2, 0.25) is 5.02 Å². The van der Waals surface area contributed by atoms with Gasteiger partial charge in [-0.05, 0) is 31.4 Å². The number of unbranched alkanes of at least 4 members (excludes halogenated alkanes) is 2. The van der Waals surface area contributed by atoms with Crippen LogP contribution in [0.25, 0.3) is 0 Å². The fourth-order valence-electron chi connectivity index (χ4n) is 2.98. The van der Waals surface area contributed by atoms with Crippen LogP contribution in [0.3, 0.4) is 0 Å². The van der Waals surface area contributed by atoms with Gasteiger partial charge >= 0.3 is 0 Å². The summed E-state index contributed by atoms with van der Waals surface area (Å²) in [5, 5.41) is 3.26. The van der Waals surface area contributed by atoms with Crippen LogP contribution < -0.4 is 5.32 Å². The van der Waals surface area contributed by atoms with E-state index in [1.165, 1.54) is 12.1 Å². The average molecular weight is 365 g/mol. The maximum atomic E-state index is 14.4. The SMILES string of the molecule is C=CCCCC[C@@H](c1c(F)ccc(Cl)c1F)N1CCNCC1.Cl. The Morgan fingerprint density at radius 1 is 1.26 bits per heavy atom. The minimum Gasteiger partial charge on any atom is -0.314 e. The van der Waals surface area contributed by atoms with E-state index in [0.29, 0.717) is 0 Å². The summed E-state index contributed by atoms with van der Waals surface area (Å²) in [5.74, 6) is -1.12. The van der Waals surface area contributed by atoms with Crippen molar-refractivity contribution in [1.82, 2.24) is 10.2 Å². The molecule has 1 aromatic rings. The lowest BCUT2D eigenvalue weighted by Crippen LogP contribution is -2.45. The molecule has 1 atom stereocenters. The molecular formula is C17H24Cl2F2N2. The third-order valence-electron chi connectivity index (χ3n) is 4.14. The van der Waals surface area contributed by atoms with Gasteiger partial charge in [-0.3, -0.25) is 4.90 Å². The molecule has 1 fully saturated rings. The molecule has 0 aliphatic carbocycles. The van der Waals surface area contributed by atoms with Crippen molar-refractivity contribution in [3.05, 3.63) is 47.0 Å². The molecule has 0 bridgehead atoms.